The van der Waals surface area contributed by atoms with Crippen molar-refractivity contribution in [1.29, 1.82) is 0 Å². The van der Waals surface area contributed by atoms with E-state index >= 15 is 0 Å². The minimum atomic E-state index is -0.254. The summed E-state index contributed by atoms with van der Waals surface area (Å²) < 4.78 is 11.6. The molecule has 1 atom stereocenters. The molecule has 3 aromatic carbocycles. The first-order valence-corrected chi connectivity index (χ1v) is 9.85. The highest BCUT2D eigenvalue weighted by atomic mass is 35.5. The van der Waals surface area contributed by atoms with E-state index in [1.165, 1.54) is 5.56 Å². The van der Waals surface area contributed by atoms with Crippen LogP contribution in [-0.2, 0) is 6.61 Å². The maximum absolute atomic E-state index is 12.8. The van der Waals surface area contributed by atoms with Crippen LogP contribution in [0.3, 0.4) is 0 Å². The lowest BCUT2D eigenvalue weighted by atomic mass is 10.1. The van der Waals surface area contributed by atoms with Crippen LogP contribution in [0.4, 0.5) is 0 Å². The minimum Gasteiger partial charge on any atom is -0.491 e. The van der Waals surface area contributed by atoms with E-state index in [1.807, 2.05) is 68.4 Å². The average Bonchev–Trinajstić information content (AvgIpc) is 2.73. The van der Waals surface area contributed by atoms with Crippen LogP contribution in [0.2, 0.25) is 5.02 Å². The molecule has 0 fully saturated rings. The number of ether oxygens (including phenoxy) is 2. The summed E-state index contributed by atoms with van der Waals surface area (Å²) in [7, 11) is 0. The van der Waals surface area contributed by atoms with Crippen LogP contribution in [0, 0.1) is 6.92 Å². The fourth-order valence-electron chi connectivity index (χ4n) is 2.74. The molecule has 0 saturated heterocycles. The van der Waals surface area contributed by atoms with Gasteiger partial charge in [0.25, 0.3) is 5.91 Å². The molecule has 150 valence electrons. The third kappa shape index (κ3) is 6.26. The highest BCUT2D eigenvalue weighted by molar-refractivity contribution is 6.31. The number of nitrogens with one attached hydrogen (secondary N) is 1. The number of aryl methyl sites for hydroxylation is 1. The molecule has 0 bridgehead atoms. The Bertz CT molecular complexity index is 942. The Morgan fingerprint density at radius 1 is 1.00 bits per heavy atom. The fourth-order valence-corrected chi connectivity index (χ4v) is 2.91. The Balaban J connectivity index is 1.61. The van der Waals surface area contributed by atoms with Gasteiger partial charge >= 0.3 is 0 Å². The van der Waals surface area contributed by atoms with Crippen molar-refractivity contribution in [3.63, 3.8) is 0 Å². The van der Waals surface area contributed by atoms with Gasteiger partial charge in [0.2, 0.25) is 0 Å². The zero-order chi connectivity index (χ0) is 20.6. The lowest BCUT2D eigenvalue weighted by molar-refractivity contribution is 0.0922. The molecule has 1 unspecified atom stereocenters. The molecule has 1 N–H and O–H groups in total. The number of carbonyl (C=O) groups is 1. The molecular formula is C24H24ClNO3. The van der Waals surface area contributed by atoms with E-state index in [4.69, 9.17) is 21.1 Å². The molecule has 3 aromatic rings. The summed E-state index contributed by atoms with van der Waals surface area (Å²) >= 11 is 6.11. The first-order valence-electron chi connectivity index (χ1n) is 9.48. The summed E-state index contributed by atoms with van der Waals surface area (Å²) in [5.41, 5.74) is 2.59. The van der Waals surface area contributed by atoms with Gasteiger partial charge in [-0.15, -0.1) is 0 Å². The van der Waals surface area contributed by atoms with Gasteiger partial charge in [0, 0.05) is 5.02 Å². The Morgan fingerprint density at radius 2 is 1.72 bits per heavy atom. The molecule has 0 aliphatic carbocycles. The number of carbonyl (C=O) groups excluding carboxylic acids is 1. The highest BCUT2D eigenvalue weighted by Crippen LogP contribution is 2.24. The molecule has 0 aromatic heterocycles. The Hall–Kier alpha value is -2.98. The molecule has 0 aliphatic heterocycles. The molecule has 1 amide bonds. The number of hydrogen-bond acceptors (Lipinski definition) is 3. The van der Waals surface area contributed by atoms with E-state index in [-0.39, 0.29) is 11.9 Å². The zero-order valence-electron chi connectivity index (χ0n) is 16.5. The van der Waals surface area contributed by atoms with E-state index in [0.29, 0.717) is 29.5 Å². The van der Waals surface area contributed by atoms with Crippen molar-refractivity contribution in [2.24, 2.45) is 0 Å². The van der Waals surface area contributed by atoms with Gasteiger partial charge in [-0.05, 0) is 49.7 Å². The standard InChI is InChI=1S/C24H24ClNO3/c1-17-8-11-21(12-9-17)28-15-18(2)26-24(27)22-14-20(25)10-13-23(22)29-16-19-6-4-3-5-7-19/h3-14,18H,15-16H2,1-2H3,(H,26,27). The van der Waals surface area contributed by atoms with Crippen molar-refractivity contribution in [3.8, 4) is 11.5 Å². The number of hydrogen-bond donors (Lipinski definition) is 1. The lowest BCUT2D eigenvalue weighted by Gasteiger charge is -2.17. The van der Waals surface area contributed by atoms with Crippen LogP contribution in [0.5, 0.6) is 11.5 Å². The van der Waals surface area contributed by atoms with Gasteiger partial charge in [-0.3, -0.25) is 4.79 Å². The van der Waals surface area contributed by atoms with Gasteiger partial charge in [0.05, 0.1) is 11.6 Å². The third-order valence-electron chi connectivity index (χ3n) is 4.32. The largest absolute Gasteiger partial charge is 0.491 e. The third-order valence-corrected chi connectivity index (χ3v) is 4.56. The highest BCUT2D eigenvalue weighted by Gasteiger charge is 2.16. The Labute approximate surface area is 176 Å². The molecule has 0 saturated carbocycles. The topological polar surface area (TPSA) is 47.6 Å². The van der Waals surface area contributed by atoms with E-state index in [0.717, 1.165) is 11.3 Å². The second-order valence-electron chi connectivity index (χ2n) is 6.91. The maximum Gasteiger partial charge on any atom is 0.255 e. The van der Waals surface area contributed by atoms with E-state index in [2.05, 4.69) is 5.32 Å². The van der Waals surface area contributed by atoms with E-state index in [9.17, 15) is 4.79 Å². The quantitative estimate of drug-likeness (QED) is 0.540. The predicted molar refractivity (Wildman–Crippen MR) is 116 cm³/mol. The SMILES string of the molecule is Cc1ccc(OCC(C)NC(=O)c2cc(Cl)ccc2OCc2ccccc2)cc1. The monoisotopic (exact) mass is 409 g/mol. The first-order chi connectivity index (χ1) is 14.0. The second kappa shape index (κ2) is 9.99. The van der Waals surface area contributed by atoms with Crippen LogP contribution in [-0.4, -0.2) is 18.6 Å². The van der Waals surface area contributed by atoms with E-state index in [1.54, 1.807) is 18.2 Å². The molecule has 0 radical (unpaired) electrons. The summed E-state index contributed by atoms with van der Waals surface area (Å²) in [4.78, 5) is 12.8. The van der Waals surface area contributed by atoms with Gasteiger partial charge in [0.1, 0.15) is 24.7 Å². The van der Waals surface area contributed by atoms with Gasteiger partial charge in [-0.2, -0.15) is 0 Å². The number of amides is 1. The number of halogens is 1. The Morgan fingerprint density at radius 3 is 2.45 bits per heavy atom. The van der Waals surface area contributed by atoms with Crippen LogP contribution >= 0.6 is 11.6 Å². The molecule has 4 nitrogen and oxygen atoms in total. The van der Waals surface area contributed by atoms with Crippen molar-refractivity contribution in [3.05, 3.63) is 94.5 Å². The first kappa shape index (κ1) is 20.7. The summed E-state index contributed by atoms with van der Waals surface area (Å²) in [6.07, 6.45) is 0. The van der Waals surface area contributed by atoms with Crippen LogP contribution in [0.15, 0.2) is 72.8 Å². The molecule has 29 heavy (non-hydrogen) atoms. The smallest absolute Gasteiger partial charge is 0.255 e. The minimum absolute atomic E-state index is 0.190. The molecule has 0 aliphatic rings. The fraction of sp³-hybridized carbons (Fsp3) is 0.208. The van der Waals surface area contributed by atoms with Crippen LogP contribution < -0.4 is 14.8 Å². The average molecular weight is 410 g/mol. The van der Waals surface area contributed by atoms with Crippen molar-refractivity contribution >= 4 is 17.5 Å². The molecule has 0 heterocycles. The predicted octanol–water partition coefficient (Wildman–Crippen LogP) is 5.42. The second-order valence-corrected chi connectivity index (χ2v) is 7.35. The molecule has 3 rings (SSSR count). The normalized spacial score (nSPS) is 11.6. The van der Waals surface area contributed by atoms with Crippen molar-refractivity contribution < 1.29 is 14.3 Å². The van der Waals surface area contributed by atoms with Gasteiger partial charge in [-0.25, -0.2) is 0 Å². The van der Waals surface area contributed by atoms with Crippen molar-refractivity contribution in [2.75, 3.05) is 6.61 Å². The van der Waals surface area contributed by atoms with Crippen molar-refractivity contribution in [1.82, 2.24) is 5.32 Å². The number of benzene rings is 3. The summed E-state index contributed by atoms with van der Waals surface area (Å²) in [6, 6.07) is 22.4. The molecule has 0 spiro atoms. The van der Waals surface area contributed by atoms with E-state index < -0.39 is 0 Å². The summed E-state index contributed by atoms with van der Waals surface area (Å²) in [5.74, 6) is 1.00. The molecule has 5 heteroatoms. The van der Waals surface area contributed by atoms with Gasteiger partial charge in [-0.1, -0.05) is 59.6 Å². The van der Waals surface area contributed by atoms with Crippen LogP contribution in [0.1, 0.15) is 28.4 Å². The number of rotatable bonds is 8. The lowest BCUT2D eigenvalue weighted by Crippen LogP contribution is -2.37. The maximum atomic E-state index is 12.8. The summed E-state index contributed by atoms with van der Waals surface area (Å²) in [6.45, 7) is 4.64. The Kier molecular flexibility index (Phi) is 7.14. The van der Waals surface area contributed by atoms with Crippen molar-refractivity contribution in [2.45, 2.75) is 26.5 Å². The molecular weight excluding hydrogens is 386 g/mol. The summed E-state index contributed by atoms with van der Waals surface area (Å²) in [5, 5.41) is 3.42. The van der Waals surface area contributed by atoms with Crippen LogP contribution in [0.25, 0.3) is 0 Å². The van der Waals surface area contributed by atoms with Gasteiger partial charge in [0.15, 0.2) is 0 Å². The van der Waals surface area contributed by atoms with Gasteiger partial charge < -0.3 is 14.8 Å². The zero-order valence-corrected chi connectivity index (χ0v) is 17.3.